The molecule has 168 valence electrons. The van der Waals surface area contributed by atoms with E-state index < -0.39 is 32.3 Å². The van der Waals surface area contributed by atoms with Crippen molar-refractivity contribution in [3.8, 4) is 0 Å². The number of nitrogen functional groups attached to an aromatic ring is 1. The first-order valence-electron chi connectivity index (χ1n) is 9.73. The third kappa shape index (κ3) is 4.38. The molecule has 0 heterocycles. The molecule has 3 aromatic carbocycles. The summed E-state index contributed by atoms with van der Waals surface area (Å²) in [6.07, 6.45) is 0. The van der Waals surface area contributed by atoms with Gasteiger partial charge in [0.2, 0.25) is 5.91 Å². The first-order valence-corrected chi connectivity index (χ1v) is 11.1. The van der Waals surface area contributed by atoms with Crippen molar-refractivity contribution >= 4 is 50.3 Å². The number of ketones is 2. The number of carbonyl (C=O) groups is 3. The van der Waals surface area contributed by atoms with Gasteiger partial charge in [0.25, 0.3) is 0 Å². The second-order valence-corrected chi connectivity index (χ2v) is 8.84. The fourth-order valence-electron chi connectivity index (χ4n) is 3.70. The van der Waals surface area contributed by atoms with Gasteiger partial charge in [0.05, 0.1) is 27.4 Å². The third-order valence-electron chi connectivity index (χ3n) is 5.48. The molecule has 11 heteroatoms. The van der Waals surface area contributed by atoms with Gasteiger partial charge in [-0.1, -0.05) is 24.3 Å². The van der Waals surface area contributed by atoms with E-state index in [2.05, 4.69) is 5.32 Å². The molecule has 0 aromatic heterocycles. The molecule has 3 aromatic rings. The predicted octanol–water partition coefficient (Wildman–Crippen LogP) is -0.321. The quantitative estimate of drug-likeness (QED) is 0.226. The number of hydrogen-bond acceptors (Lipinski definition) is 8. The summed E-state index contributed by atoms with van der Waals surface area (Å²) < 4.78 is 35.6. The fraction of sp³-hybridized carbons (Fsp3) is 0.0870. The predicted molar refractivity (Wildman–Crippen MR) is 121 cm³/mol. The molecule has 0 saturated carbocycles. The van der Waals surface area contributed by atoms with Crippen LogP contribution in [0.25, 0.3) is 0 Å². The van der Waals surface area contributed by atoms with E-state index in [1.807, 2.05) is 0 Å². The summed E-state index contributed by atoms with van der Waals surface area (Å²) in [6, 6.07) is 13.5. The van der Waals surface area contributed by atoms with E-state index in [9.17, 15) is 27.4 Å². The van der Waals surface area contributed by atoms with Gasteiger partial charge in [-0.15, -0.1) is 0 Å². The molecule has 0 saturated heterocycles. The van der Waals surface area contributed by atoms with Crippen molar-refractivity contribution in [2.24, 2.45) is 0 Å². The van der Waals surface area contributed by atoms with E-state index in [-0.39, 0.29) is 63.4 Å². The zero-order chi connectivity index (χ0) is 24.1. The minimum Gasteiger partial charge on any atom is -0.744 e. The minimum atomic E-state index is -5.05. The molecule has 34 heavy (non-hydrogen) atoms. The normalized spacial score (nSPS) is 12.3. The maximum Gasteiger partial charge on any atom is 1.00 e. The molecule has 3 N–H and O–H groups in total. The number of anilines is 4. The second kappa shape index (κ2) is 9.32. The molecule has 1 aliphatic rings. The SMILES string of the molecule is CC(=O)N(C)c1ccc(Nc2cc(S(=O)(=O)[O-])c(N)c3c2C(=O)c2ccccc2C3=O)cc1.[Na+]. The van der Waals surface area contributed by atoms with Gasteiger partial charge < -0.3 is 20.5 Å². The van der Waals surface area contributed by atoms with Crippen LogP contribution >= 0.6 is 0 Å². The number of hydrogen-bond donors (Lipinski definition) is 2. The van der Waals surface area contributed by atoms with Crippen LogP contribution in [0.15, 0.2) is 59.5 Å². The van der Waals surface area contributed by atoms with Crippen molar-refractivity contribution in [2.75, 3.05) is 23.0 Å². The number of nitrogens with one attached hydrogen (secondary N) is 1. The molecule has 1 aliphatic carbocycles. The second-order valence-electron chi connectivity index (χ2n) is 7.49. The Morgan fingerprint density at radius 2 is 1.50 bits per heavy atom. The summed E-state index contributed by atoms with van der Waals surface area (Å²) in [4.78, 5) is 38.6. The Balaban J connectivity index is 0.00000324. The average molecular weight is 487 g/mol. The Morgan fingerprint density at radius 1 is 0.971 bits per heavy atom. The largest absolute Gasteiger partial charge is 1.00 e. The van der Waals surface area contributed by atoms with E-state index in [0.717, 1.165) is 6.07 Å². The molecule has 0 radical (unpaired) electrons. The van der Waals surface area contributed by atoms with Crippen LogP contribution in [0.5, 0.6) is 0 Å². The number of rotatable bonds is 4. The first kappa shape index (κ1) is 25.6. The molecule has 0 bridgehead atoms. The van der Waals surface area contributed by atoms with E-state index in [4.69, 9.17) is 5.73 Å². The molecule has 9 nitrogen and oxygen atoms in total. The van der Waals surface area contributed by atoms with Crippen molar-refractivity contribution in [1.82, 2.24) is 0 Å². The zero-order valence-corrected chi connectivity index (χ0v) is 21.4. The monoisotopic (exact) mass is 487 g/mol. The average Bonchev–Trinajstić information content (AvgIpc) is 2.77. The molecule has 0 fully saturated rings. The van der Waals surface area contributed by atoms with Crippen molar-refractivity contribution < 1.29 is 56.9 Å². The van der Waals surface area contributed by atoms with Crippen LogP contribution in [0.1, 0.15) is 38.8 Å². The van der Waals surface area contributed by atoms with Gasteiger partial charge in [0, 0.05) is 36.5 Å². The van der Waals surface area contributed by atoms with Crippen molar-refractivity contribution in [2.45, 2.75) is 11.8 Å². The maximum atomic E-state index is 13.3. The summed E-state index contributed by atoms with van der Waals surface area (Å²) >= 11 is 0. The molecule has 0 aliphatic heterocycles. The van der Waals surface area contributed by atoms with Gasteiger partial charge in [0.15, 0.2) is 11.6 Å². The summed E-state index contributed by atoms with van der Waals surface area (Å²) in [7, 11) is -3.44. The van der Waals surface area contributed by atoms with Crippen molar-refractivity contribution in [1.29, 1.82) is 0 Å². The van der Waals surface area contributed by atoms with Crippen molar-refractivity contribution in [3.63, 3.8) is 0 Å². The maximum absolute atomic E-state index is 13.3. The minimum absolute atomic E-state index is 0. The topological polar surface area (TPSA) is 150 Å². The van der Waals surface area contributed by atoms with E-state index in [1.54, 1.807) is 43.4 Å². The van der Waals surface area contributed by atoms with Crippen LogP contribution in [0, 0.1) is 0 Å². The Morgan fingerprint density at radius 3 is 2.00 bits per heavy atom. The van der Waals surface area contributed by atoms with Gasteiger partial charge in [-0.2, -0.15) is 0 Å². The molecule has 0 spiro atoms. The van der Waals surface area contributed by atoms with E-state index in [1.165, 1.54) is 24.0 Å². The number of carbonyl (C=O) groups excluding carboxylic acids is 3. The van der Waals surface area contributed by atoms with Crippen LogP contribution in [-0.4, -0.2) is 37.5 Å². The van der Waals surface area contributed by atoms with Crippen molar-refractivity contribution in [3.05, 3.63) is 76.9 Å². The molecule has 4 rings (SSSR count). The molecular formula is C23H18N3NaO6S. The summed E-state index contributed by atoms with van der Waals surface area (Å²) in [5.41, 5.74) is 6.13. The first-order chi connectivity index (χ1) is 15.5. The van der Waals surface area contributed by atoms with Crippen LogP contribution in [0.3, 0.4) is 0 Å². The van der Waals surface area contributed by atoms with E-state index >= 15 is 0 Å². The third-order valence-corrected chi connectivity index (χ3v) is 6.35. The molecule has 0 atom stereocenters. The summed E-state index contributed by atoms with van der Waals surface area (Å²) in [5.74, 6) is -1.35. The number of nitrogens with zero attached hydrogens (tertiary/aromatic N) is 1. The molecular weight excluding hydrogens is 469 g/mol. The smallest absolute Gasteiger partial charge is 0.744 e. The van der Waals surface area contributed by atoms with Crippen LogP contribution in [0.4, 0.5) is 22.7 Å². The van der Waals surface area contributed by atoms with Crippen LogP contribution in [-0.2, 0) is 14.9 Å². The van der Waals surface area contributed by atoms with Gasteiger partial charge >= 0.3 is 29.6 Å². The number of amides is 1. The van der Waals surface area contributed by atoms with Gasteiger partial charge in [0.1, 0.15) is 10.1 Å². The van der Waals surface area contributed by atoms with Gasteiger partial charge in [-0.25, -0.2) is 8.42 Å². The fourth-order valence-corrected chi connectivity index (χ4v) is 4.34. The summed E-state index contributed by atoms with van der Waals surface area (Å²) in [5, 5.41) is 2.91. The Labute approximate surface area is 218 Å². The Hall–Kier alpha value is -3.02. The summed E-state index contributed by atoms with van der Waals surface area (Å²) in [6.45, 7) is 1.41. The number of fused-ring (bicyclic) bond motifs is 2. The number of nitrogens with two attached hydrogens (primary N) is 1. The van der Waals surface area contributed by atoms with Crippen LogP contribution < -0.4 is 45.5 Å². The van der Waals surface area contributed by atoms with Gasteiger partial charge in [-0.05, 0) is 30.3 Å². The Bertz CT molecular complexity index is 1450. The van der Waals surface area contributed by atoms with Crippen LogP contribution in [0.2, 0.25) is 0 Å². The Kier molecular flexibility index (Phi) is 7.02. The van der Waals surface area contributed by atoms with Gasteiger partial charge in [-0.3, -0.25) is 14.4 Å². The standard InChI is InChI=1S/C23H19N3O6S.Na/c1-12(27)26(2)14-9-7-13(8-10-14)25-17-11-18(33(30,31)32)21(24)20-19(17)22(28)15-5-3-4-6-16(15)23(20)29;/h3-11,25H,24H2,1-2H3,(H,30,31,32);/q;+1/p-1. The molecule has 0 unspecified atom stereocenters. The van der Waals surface area contributed by atoms with E-state index in [0.29, 0.717) is 11.4 Å². The number of benzene rings is 3. The zero-order valence-electron chi connectivity index (χ0n) is 18.6. The molecule has 1 amide bonds.